The fourth-order valence-corrected chi connectivity index (χ4v) is 2.61. The highest BCUT2D eigenvalue weighted by Crippen LogP contribution is 2.17. The molecule has 1 aromatic carbocycles. The van der Waals surface area contributed by atoms with Crippen molar-refractivity contribution < 1.29 is 8.42 Å². The standard InChI is InChI=1S/C11H19N3O2S/c1-3-4-9-14(2)17(15,16)11-7-5-10(13-12)6-8-11/h5-8,13H,3-4,9,12H2,1-2H3. The highest BCUT2D eigenvalue weighted by Gasteiger charge is 2.19. The number of nitrogens with zero attached hydrogens (tertiary/aromatic N) is 1. The maximum Gasteiger partial charge on any atom is 0.242 e. The zero-order valence-electron chi connectivity index (χ0n) is 10.2. The van der Waals surface area contributed by atoms with Gasteiger partial charge in [0.2, 0.25) is 10.0 Å². The van der Waals surface area contributed by atoms with Gasteiger partial charge in [0, 0.05) is 19.3 Å². The molecule has 1 rings (SSSR count). The second-order valence-corrected chi connectivity index (χ2v) is 5.89. The number of unbranched alkanes of at least 4 members (excludes halogenated alkanes) is 1. The van der Waals surface area contributed by atoms with E-state index in [0.29, 0.717) is 12.2 Å². The Morgan fingerprint density at radius 3 is 2.35 bits per heavy atom. The molecular weight excluding hydrogens is 238 g/mol. The van der Waals surface area contributed by atoms with E-state index in [1.807, 2.05) is 6.92 Å². The van der Waals surface area contributed by atoms with Gasteiger partial charge in [-0.05, 0) is 30.7 Å². The highest BCUT2D eigenvalue weighted by atomic mass is 32.2. The van der Waals surface area contributed by atoms with Crippen molar-refractivity contribution in [3.05, 3.63) is 24.3 Å². The van der Waals surface area contributed by atoms with Crippen molar-refractivity contribution >= 4 is 15.7 Å². The van der Waals surface area contributed by atoms with Gasteiger partial charge in [0.1, 0.15) is 0 Å². The number of sulfonamides is 1. The van der Waals surface area contributed by atoms with Crippen molar-refractivity contribution in [3.63, 3.8) is 0 Å². The second-order valence-electron chi connectivity index (χ2n) is 3.85. The molecule has 0 amide bonds. The number of anilines is 1. The van der Waals surface area contributed by atoms with Gasteiger partial charge in [0.25, 0.3) is 0 Å². The van der Waals surface area contributed by atoms with Gasteiger partial charge < -0.3 is 5.43 Å². The monoisotopic (exact) mass is 257 g/mol. The molecule has 0 fully saturated rings. The minimum absolute atomic E-state index is 0.287. The van der Waals surface area contributed by atoms with Crippen molar-refractivity contribution in [3.8, 4) is 0 Å². The molecule has 0 atom stereocenters. The van der Waals surface area contributed by atoms with Crippen LogP contribution in [0.4, 0.5) is 5.69 Å². The number of benzene rings is 1. The van der Waals surface area contributed by atoms with Gasteiger partial charge in [0.05, 0.1) is 4.90 Å². The van der Waals surface area contributed by atoms with Gasteiger partial charge in [-0.15, -0.1) is 0 Å². The molecule has 1 aromatic rings. The van der Waals surface area contributed by atoms with Crippen LogP contribution in [-0.2, 0) is 10.0 Å². The van der Waals surface area contributed by atoms with Crippen LogP contribution in [0.2, 0.25) is 0 Å². The number of hydrogen-bond donors (Lipinski definition) is 2. The summed E-state index contributed by atoms with van der Waals surface area (Å²) in [5.41, 5.74) is 3.14. The van der Waals surface area contributed by atoms with Crippen LogP contribution in [0.25, 0.3) is 0 Å². The third kappa shape index (κ3) is 3.42. The molecule has 5 nitrogen and oxygen atoms in total. The summed E-state index contributed by atoms with van der Waals surface area (Å²) in [5, 5.41) is 0. The van der Waals surface area contributed by atoms with Gasteiger partial charge in [-0.3, -0.25) is 5.84 Å². The largest absolute Gasteiger partial charge is 0.324 e. The number of rotatable bonds is 6. The highest BCUT2D eigenvalue weighted by molar-refractivity contribution is 7.89. The number of nitrogen functional groups attached to an aromatic ring is 1. The van der Waals surface area contributed by atoms with Crippen molar-refractivity contribution in [2.45, 2.75) is 24.7 Å². The van der Waals surface area contributed by atoms with E-state index in [1.165, 1.54) is 4.31 Å². The summed E-state index contributed by atoms with van der Waals surface area (Å²) in [4.78, 5) is 0.287. The molecule has 0 saturated heterocycles. The first-order valence-electron chi connectivity index (χ1n) is 5.55. The summed E-state index contributed by atoms with van der Waals surface area (Å²) < 4.78 is 25.6. The van der Waals surface area contributed by atoms with Crippen LogP contribution in [0, 0.1) is 0 Å². The Morgan fingerprint density at radius 1 is 1.29 bits per heavy atom. The normalized spacial score (nSPS) is 11.8. The zero-order valence-corrected chi connectivity index (χ0v) is 11.0. The molecule has 3 N–H and O–H groups in total. The van der Waals surface area contributed by atoms with Crippen LogP contribution in [0.1, 0.15) is 19.8 Å². The summed E-state index contributed by atoms with van der Waals surface area (Å²) in [6.45, 7) is 2.57. The average molecular weight is 257 g/mol. The third-order valence-corrected chi connectivity index (χ3v) is 4.43. The Bertz CT molecular complexity index is 442. The summed E-state index contributed by atoms with van der Waals surface area (Å²) >= 11 is 0. The van der Waals surface area contributed by atoms with E-state index in [4.69, 9.17) is 5.84 Å². The van der Waals surface area contributed by atoms with Crippen LogP contribution in [-0.4, -0.2) is 26.3 Å². The van der Waals surface area contributed by atoms with Gasteiger partial charge in [-0.25, -0.2) is 12.7 Å². The van der Waals surface area contributed by atoms with Crippen LogP contribution in [0.15, 0.2) is 29.2 Å². The van der Waals surface area contributed by atoms with Gasteiger partial charge in [0.15, 0.2) is 0 Å². The van der Waals surface area contributed by atoms with Crippen molar-refractivity contribution in [1.29, 1.82) is 0 Å². The third-order valence-electron chi connectivity index (χ3n) is 2.56. The molecule has 0 bridgehead atoms. The lowest BCUT2D eigenvalue weighted by molar-refractivity contribution is 0.459. The predicted octanol–water partition coefficient (Wildman–Crippen LogP) is 1.39. The van der Waals surface area contributed by atoms with E-state index in [2.05, 4.69) is 5.43 Å². The van der Waals surface area contributed by atoms with E-state index in [-0.39, 0.29) is 4.90 Å². The van der Waals surface area contributed by atoms with Crippen LogP contribution in [0.5, 0.6) is 0 Å². The first kappa shape index (κ1) is 14.0. The van der Waals surface area contributed by atoms with Gasteiger partial charge in [-0.2, -0.15) is 0 Å². The van der Waals surface area contributed by atoms with Crippen molar-refractivity contribution in [2.75, 3.05) is 19.0 Å². The van der Waals surface area contributed by atoms with E-state index in [9.17, 15) is 8.42 Å². The molecule has 0 spiro atoms. The molecule has 6 heteroatoms. The molecule has 0 aliphatic heterocycles. The Morgan fingerprint density at radius 2 is 1.88 bits per heavy atom. The summed E-state index contributed by atoms with van der Waals surface area (Å²) in [6.07, 6.45) is 1.83. The number of nitrogens with two attached hydrogens (primary N) is 1. The quantitative estimate of drug-likeness (QED) is 0.596. The average Bonchev–Trinajstić information content (AvgIpc) is 2.35. The molecule has 0 aliphatic carbocycles. The Hall–Kier alpha value is -1.11. The summed E-state index contributed by atoms with van der Waals surface area (Å²) in [6, 6.07) is 6.38. The van der Waals surface area contributed by atoms with E-state index in [1.54, 1.807) is 31.3 Å². The van der Waals surface area contributed by atoms with Gasteiger partial charge >= 0.3 is 0 Å². The fourth-order valence-electron chi connectivity index (χ4n) is 1.40. The topological polar surface area (TPSA) is 75.4 Å². The van der Waals surface area contributed by atoms with Crippen LogP contribution < -0.4 is 11.3 Å². The molecule has 0 heterocycles. The summed E-state index contributed by atoms with van der Waals surface area (Å²) in [7, 11) is -1.77. The molecular formula is C11H19N3O2S. The van der Waals surface area contributed by atoms with E-state index < -0.39 is 10.0 Å². The van der Waals surface area contributed by atoms with Crippen LogP contribution >= 0.6 is 0 Å². The molecule has 96 valence electrons. The van der Waals surface area contributed by atoms with Crippen molar-refractivity contribution in [1.82, 2.24) is 4.31 Å². The molecule has 0 radical (unpaired) electrons. The second kappa shape index (κ2) is 6.00. The van der Waals surface area contributed by atoms with E-state index in [0.717, 1.165) is 12.8 Å². The fraction of sp³-hybridized carbons (Fsp3) is 0.455. The number of hydrogen-bond acceptors (Lipinski definition) is 4. The zero-order chi connectivity index (χ0) is 12.9. The maximum absolute atomic E-state index is 12.1. The lowest BCUT2D eigenvalue weighted by Gasteiger charge is -2.16. The minimum atomic E-state index is -3.37. The number of nitrogens with one attached hydrogen (secondary N) is 1. The predicted molar refractivity (Wildman–Crippen MR) is 69.0 cm³/mol. The minimum Gasteiger partial charge on any atom is -0.324 e. The first-order valence-corrected chi connectivity index (χ1v) is 6.99. The Kier molecular flexibility index (Phi) is 4.92. The molecule has 17 heavy (non-hydrogen) atoms. The number of hydrazine groups is 1. The van der Waals surface area contributed by atoms with Gasteiger partial charge in [-0.1, -0.05) is 13.3 Å². The Labute approximate surface area is 103 Å². The molecule has 0 aliphatic rings. The lowest BCUT2D eigenvalue weighted by atomic mass is 10.3. The van der Waals surface area contributed by atoms with Crippen molar-refractivity contribution in [2.24, 2.45) is 5.84 Å². The Balaban J connectivity index is 2.88. The summed E-state index contributed by atoms with van der Waals surface area (Å²) in [5.74, 6) is 5.22. The molecule has 0 unspecified atom stereocenters. The maximum atomic E-state index is 12.1. The van der Waals surface area contributed by atoms with E-state index >= 15 is 0 Å². The SMILES string of the molecule is CCCCN(C)S(=O)(=O)c1ccc(NN)cc1. The smallest absolute Gasteiger partial charge is 0.242 e. The van der Waals surface area contributed by atoms with Crippen LogP contribution in [0.3, 0.4) is 0 Å². The first-order chi connectivity index (χ1) is 8.02. The lowest BCUT2D eigenvalue weighted by Crippen LogP contribution is -2.27. The molecule has 0 saturated carbocycles. The molecule has 0 aromatic heterocycles.